The first-order valence-corrected chi connectivity index (χ1v) is 4.40. The van der Waals surface area contributed by atoms with Crippen molar-refractivity contribution in [2.24, 2.45) is 0 Å². The molecular weight excluding hydrogens is 234 g/mol. The van der Waals surface area contributed by atoms with E-state index in [2.05, 4.69) is 22.6 Å². The van der Waals surface area contributed by atoms with Gasteiger partial charge in [-0.1, -0.05) is 6.07 Å². The summed E-state index contributed by atoms with van der Waals surface area (Å²) in [5, 5.41) is 10.9. The van der Waals surface area contributed by atoms with Gasteiger partial charge in [0.25, 0.3) is 0 Å². The van der Waals surface area contributed by atoms with Crippen LogP contribution in [0.1, 0.15) is 17.3 Å². The van der Waals surface area contributed by atoms with Gasteiger partial charge < -0.3 is 5.21 Å². The Bertz CT molecular complexity index is 342. The van der Waals surface area contributed by atoms with E-state index in [1.165, 1.54) is 6.92 Å². The van der Waals surface area contributed by atoms with Crippen molar-refractivity contribution in [2.45, 2.75) is 6.92 Å². The average molecular weight is 242 g/mol. The zero-order valence-corrected chi connectivity index (χ0v) is 8.67. The predicted molar refractivity (Wildman–Crippen MR) is 54.6 cm³/mol. The third-order valence-corrected chi connectivity index (χ3v) is 2.46. The highest BCUT2D eigenvalue weighted by atomic mass is 79.9. The molecule has 0 aliphatic rings. The van der Waals surface area contributed by atoms with Gasteiger partial charge in [-0.25, -0.2) is 0 Å². The highest BCUT2D eigenvalue weighted by Gasteiger charge is 2.13. The van der Waals surface area contributed by atoms with Crippen LogP contribution in [0.15, 0.2) is 22.7 Å². The quantitative estimate of drug-likeness (QED) is 0.263. The molecule has 0 amide bonds. The van der Waals surface area contributed by atoms with Crippen molar-refractivity contribution in [3.05, 3.63) is 33.4 Å². The molecule has 0 radical (unpaired) electrons. The Kier molecular flexibility index (Phi) is 2.83. The SMILES string of the molecule is C=[N+]([O-])c1cccc(C(C)=O)c1Br. The first kappa shape index (κ1) is 9.92. The highest BCUT2D eigenvalue weighted by Crippen LogP contribution is 2.28. The molecule has 1 rings (SSSR count). The molecular formula is C9H8BrNO2. The lowest BCUT2D eigenvalue weighted by atomic mass is 10.1. The van der Waals surface area contributed by atoms with Crippen LogP contribution in [0.3, 0.4) is 0 Å². The number of rotatable bonds is 2. The van der Waals surface area contributed by atoms with Gasteiger partial charge in [0, 0.05) is 11.6 Å². The lowest BCUT2D eigenvalue weighted by Gasteiger charge is -2.05. The summed E-state index contributed by atoms with van der Waals surface area (Å²) in [6.45, 7) is 4.65. The number of carbonyl (C=O) groups is 1. The number of nitrogens with zero attached hydrogens (tertiary/aromatic N) is 1. The van der Waals surface area contributed by atoms with Crippen LogP contribution in [0, 0.1) is 5.21 Å². The molecule has 1 aromatic carbocycles. The van der Waals surface area contributed by atoms with Crippen molar-refractivity contribution in [1.82, 2.24) is 0 Å². The molecule has 13 heavy (non-hydrogen) atoms. The molecule has 1 aromatic rings. The van der Waals surface area contributed by atoms with Gasteiger partial charge in [0.15, 0.2) is 5.78 Å². The van der Waals surface area contributed by atoms with E-state index in [1.54, 1.807) is 18.2 Å². The van der Waals surface area contributed by atoms with Crippen LogP contribution in [0.2, 0.25) is 0 Å². The van der Waals surface area contributed by atoms with Crippen LogP contribution in [0.25, 0.3) is 0 Å². The Hall–Kier alpha value is -1.16. The molecule has 0 fully saturated rings. The maximum atomic E-state index is 11.1. The van der Waals surface area contributed by atoms with Crippen LogP contribution in [-0.4, -0.2) is 17.2 Å². The van der Waals surface area contributed by atoms with Crippen LogP contribution >= 0.6 is 15.9 Å². The van der Waals surface area contributed by atoms with Crippen molar-refractivity contribution >= 4 is 34.1 Å². The molecule has 68 valence electrons. The Balaban J connectivity index is 3.35. The molecule has 0 heterocycles. The van der Waals surface area contributed by atoms with E-state index < -0.39 is 0 Å². The average Bonchev–Trinajstić information content (AvgIpc) is 2.03. The van der Waals surface area contributed by atoms with Crippen LogP contribution in [-0.2, 0) is 0 Å². The van der Waals surface area contributed by atoms with Crippen molar-refractivity contribution in [3.63, 3.8) is 0 Å². The first-order valence-electron chi connectivity index (χ1n) is 3.61. The highest BCUT2D eigenvalue weighted by molar-refractivity contribution is 9.10. The largest absolute Gasteiger partial charge is 0.619 e. The van der Waals surface area contributed by atoms with Gasteiger partial charge >= 0.3 is 0 Å². The van der Waals surface area contributed by atoms with Gasteiger partial charge in [-0.2, -0.15) is 4.74 Å². The molecule has 0 aliphatic heterocycles. The number of Topliss-reactive ketones (excluding diaryl/α,β-unsaturated/α-hetero) is 1. The van der Waals surface area contributed by atoms with E-state index in [1.807, 2.05) is 0 Å². The monoisotopic (exact) mass is 241 g/mol. The summed E-state index contributed by atoms with van der Waals surface area (Å²) < 4.78 is 0.962. The zero-order chi connectivity index (χ0) is 10.0. The number of carbonyl (C=O) groups excluding carboxylic acids is 1. The van der Waals surface area contributed by atoms with E-state index in [4.69, 9.17) is 0 Å². The van der Waals surface area contributed by atoms with Crippen LogP contribution < -0.4 is 0 Å². The van der Waals surface area contributed by atoms with E-state index >= 15 is 0 Å². The van der Waals surface area contributed by atoms with E-state index in [9.17, 15) is 10.0 Å². The summed E-state index contributed by atoms with van der Waals surface area (Å²) in [5.41, 5.74) is 0.842. The number of ketones is 1. The van der Waals surface area contributed by atoms with Gasteiger partial charge in [0.2, 0.25) is 5.69 Å². The standard InChI is InChI=1S/C9H8BrNO2/c1-6(12)7-4-3-5-8(9(7)10)11(2)13/h3-5H,2H2,1H3. The summed E-state index contributed by atoms with van der Waals surface area (Å²) in [5.74, 6) is -0.0874. The summed E-state index contributed by atoms with van der Waals surface area (Å²) >= 11 is 3.18. The van der Waals surface area contributed by atoms with E-state index in [0.29, 0.717) is 20.5 Å². The Labute approximate surface area is 84.4 Å². The van der Waals surface area contributed by atoms with E-state index in [-0.39, 0.29) is 5.78 Å². The minimum absolute atomic E-state index is 0.0874. The van der Waals surface area contributed by atoms with Gasteiger partial charge in [-0.3, -0.25) is 4.79 Å². The molecule has 0 N–H and O–H groups in total. The topological polar surface area (TPSA) is 43.1 Å². The second-order valence-corrected chi connectivity index (χ2v) is 3.37. The van der Waals surface area contributed by atoms with Gasteiger partial charge in [-0.05, 0) is 28.9 Å². The second-order valence-electron chi connectivity index (χ2n) is 2.57. The number of hydrogen-bond acceptors (Lipinski definition) is 2. The minimum Gasteiger partial charge on any atom is -0.619 e. The third kappa shape index (κ3) is 1.95. The minimum atomic E-state index is -0.0874. The van der Waals surface area contributed by atoms with Crippen LogP contribution in [0.4, 0.5) is 5.69 Å². The summed E-state index contributed by atoms with van der Waals surface area (Å²) in [6, 6.07) is 4.89. The zero-order valence-electron chi connectivity index (χ0n) is 7.08. The Morgan fingerprint density at radius 2 is 2.23 bits per heavy atom. The predicted octanol–water partition coefficient (Wildman–Crippen LogP) is 2.49. The molecule has 0 atom stereocenters. The maximum Gasteiger partial charge on any atom is 0.230 e. The molecule has 0 bridgehead atoms. The third-order valence-electron chi connectivity index (χ3n) is 1.63. The fraction of sp³-hybridized carbons (Fsp3) is 0.111. The summed E-state index contributed by atoms with van der Waals surface area (Å²) in [7, 11) is 0. The number of benzene rings is 1. The molecule has 0 saturated heterocycles. The molecule has 0 saturated carbocycles. The van der Waals surface area contributed by atoms with Crippen molar-refractivity contribution in [3.8, 4) is 0 Å². The van der Waals surface area contributed by atoms with Gasteiger partial charge in [0.1, 0.15) is 11.2 Å². The lowest BCUT2D eigenvalue weighted by Crippen LogP contribution is -1.98. The van der Waals surface area contributed by atoms with E-state index in [0.717, 1.165) is 0 Å². The fourth-order valence-corrected chi connectivity index (χ4v) is 1.73. The molecule has 0 aromatic heterocycles. The lowest BCUT2D eigenvalue weighted by molar-refractivity contribution is -0.350. The smallest absolute Gasteiger partial charge is 0.230 e. The summed E-state index contributed by atoms with van der Waals surface area (Å²) in [6.07, 6.45) is 0. The summed E-state index contributed by atoms with van der Waals surface area (Å²) in [4.78, 5) is 11.1. The first-order chi connectivity index (χ1) is 6.04. The molecule has 4 heteroatoms. The van der Waals surface area contributed by atoms with Crippen LogP contribution in [0.5, 0.6) is 0 Å². The molecule has 3 nitrogen and oxygen atoms in total. The van der Waals surface area contributed by atoms with Crippen molar-refractivity contribution < 1.29 is 9.53 Å². The second kappa shape index (κ2) is 3.70. The van der Waals surface area contributed by atoms with Gasteiger partial charge in [0.05, 0.1) is 0 Å². The molecule has 0 spiro atoms. The van der Waals surface area contributed by atoms with Crippen molar-refractivity contribution in [1.29, 1.82) is 0 Å². The fourth-order valence-electron chi connectivity index (χ4n) is 0.984. The Morgan fingerprint density at radius 1 is 1.62 bits per heavy atom. The van der Waals surface area contributed by atoms with Gasteiger partial charge in [-0.15, -0.1) is 0 Å². The number of hydrogen-bond donors (Lipinski definition) is 0. The molecule has 0 unspecified atom stereocenters. The normalized spacial score (nSPS) is 9.69. The maximum absolute atomic E-state index is 11.1. The number of halogens is 1. The molecule has 0 aliphatic carbocycles. The van der Waals surface area contributed by atoms with Crippen molar-refractivity contribution in [2.75, 3.05) is 0 Å². The Morgan fingerprint density at radius 3 is 2.69 bits per heavy atom.